The van der Waals surface area contributed by atoms with Crippen LogP contribution in [-0.4, -0.2) is 24.1 Å². The Hall–Kier alpha value is -0.680. The van der Waals surface area contributed by atoms with Gasteiger partial charge in [-0.05, 0) is 35.7 Å². The molecular formula is C12H20BrN3O. The van der Waals surface area contributed by atoms with Gasteiger partial charge in [0.15, 0.2) is 5.82 Å². The summed E-state index contributed by atoms with van der Waals surface area (Å²) in [4.78, 5) is 9.11. The molecule has 5 heteroatoms. The number of halogens is 1. The van der Waals surface area contributed by atoms with E-state index in [2.05, 4.69) is 45.1 Å². The van der Waals surface area contributed by atoms with E-state index >= 15 is 0 Å². The Morgan fingerprint density at radius 3 is 2.41 bits per heavy atom. The van der Waals surface area contributed by atoms with Gasteiger partial charge < -0.3 is 10.1 Å². The van der Waals surface area contributed by atoms with Gasteiger partial charge in [-0.25, -0.2) is 9.97 Å². The second-order valence-electron chi connectivity index (χ2n) is 4.05. The standard InChI is InChI=1S/C12H20BrN3O/c1-6-8-9(13)10(14-4)16-11(15-8)12(3,7-2)17-5/h6-7H2,1-5H3,(H,14,15,16). The van der Waals surface area contributed by atoms with Crippen LogP contribution in [0, 0.1) is 0 Å². The minimum Gasteiger partial charge on any atom is -0.372 e. The van der Waals surface area contributed by atoms with E-state index in [0.29, 0.717) is 0 Å². The predicted molar refractivity (Wildman–Crippen MR) is 73.3 cm³/mol. The molecule has 0 aliphatic carbocycles. The van der Waals surface area contributed by atoms with Crippen LogP contribution in [0.5, 0.6) is 0 Å². The van der Waals surface area contributed by atoms with E-state index in [1.807, 2.05) is 14.0 Å². The smallest absolute Gasteiger partial charge is 0.162 e. The number of ether oxygens (including phenoxy) is 1. The molecule has 4 nitrogen and oxygen atoms in total. The SMILES string of the molecule is CCc1nc(C(C)(CC)OC)nc(NC)c1Br. The first-order valence-corrected chi connectivity index (χ1v) is 6.61. The molecule has 1 N–H and O–H groups in total. The molecule has 0 fully saturated rings. The van der Waals surface area contributed by atoms with Crippen molar-refractivity contribution in [2.75, 3.05) is 19.5 Å². The van der Waals surface area contributed by atoms with Crippen molar-refractivity contribution in [2.24, 2.45) is 0 Å². The van der Waals surface area contributed by atoms with Gasteiger partial charge in [0.05, 0.1) is 10.2 Å². The van der Waals surface area contributed by atoms with Crippen molar-refractivity contribution in [3.63, 3.8) is 0 Å². The van der Waals surface area contributed by atoms with Gasteiger partial charge in [0.2, 0.25) is 0 Å². The van der Waals surface area contributed by atoms with Gasteiger partial charge in [-0.15, -0.1) is 0 Å². The Kier molecular flexibility index (Phi) is 4.89. The normalized spacial score (nSPS) is 14.5. The highest BCUT2D eigenvalue weighted by molar-refractivity contribution is 9.10. The lowest BCUT2D eigenvalue weighted by Crippen LogP contribution is -2.27. The van der Waals surface area contributed by atoms with Crippen LogP contribution in [0.1, 0.15) is 38.7 Å². The Bertz CT molecular complexity index is 366. The first-order chi connectivity index (χ1) is 8.02. The molecule has 0 amide bonds. The second kappa shape index (κ2) is 5.78. The van der Waals surface area contributed by atoms with Crippen LogP contribution in [-0.2, 0) is 16.8 Å². The average Bonchev–Trinajstić information content (AvgIpc) is 2.38. The number of hydrogen-bond acceptors (Lipinski definition) is 4. The minimum absolute atomic E-state index is 0.434. The number of anilines is 1. The van der Waals surface area contributed by atoms with Gasteiger partial charge in [-0.2, -0.15) is 0 Å². The molecule has 0 spiro atoms. The van der Waals surface area contributed by atoms with Crippen LogP contribution < -0.4 is 5.32 Å². The predicted octanol–water partition coefficient (Wildman–Crippen LogP) is 3.11. The molecule has 1 aromatic rings. The number of nitrogens with zero attached hydrogens (tertiary/aromatic N) is 2. The molecule has 0 aromatic carbocycles. The maximum absolute atomic E-state index is 5.54. The monoisotopic (exact) mass is 301 g/mol. The molecule has 17 heavy (non-hydrogen) atoms. The van der Waals surface area contributed by atoms with Crippen molar-refractivity contribution < 1.29 is 4.74 Å². The summed E-state index contributed by atoms with van der Waals surface area (Å²) in [5.41, 5.74) is 0.562. The molecule has 1 rings (SSSR count). The summed E-state index contributed by atoms with van der Waals surface area (Å²) in [6, 6.07) is 0. The summed E-state index contributed by atoms with van der Waals surface area (Å²) in [6.45, 7) is 6.15. The third kappa shape index (κ3) is 2.77. The van der Waals surface area contributed by atoms with Crippen LogP contribution in [0.4, 0.5) is 5.82 Å². The number of aryl methyl sites for hydroxylation is 1. The number of hydrogen-bond donors (Lipinski definition) is 1. The quantitative estimate of drug-likeness (QED) is 0.908. The molecule has 1 unspecified atom stereocenters. The Labute approximate surface area is 111 Å². The molecule has 0 saturated carbocycles. The lowest BCUT2D eigenvalue weighted by molar-refractivity contribution is -0.00905. The van der Waals surface area contributed by atoms with Crippen LogP contribution in [0.3, 0.4) is 0 Å². The lowest BCUT2D eigenvalue weighted by atomic mass is 10.0. The average molecular weight is 302 g/mol. The van der Waals surface area contributed by atoms with Crippen molar-refractivity contribution in [1.29, 1.82) is 0 Å². The van der Waals surface area contributed by atoms with E-state index in [9.17, 15) is 0 Å². The van der Waals surface area contributed by atoms with Gasteiger partial charge in [0.1, 0.15) is 11.4 Å². The van der Waals surface area contributed by atoms with Gasteiger partial charge in [0.25, 0.3) is 0 Å². The molecule has 0 bridgehead atoms. The fraction of sp³-hybridized carbons (Fsp3) is 0.667. The fourth-order valence-corrected chi connectivity index (χ4v) is 2.18. The third-order valence-corrected chi connectivity index (χ3v) is 3.92. The Morgan fingerprint density at radius 1 is 1.35 bits per heavy atom. The fourth-order valence-electron chi connectivity index (χ4n) is 1.52. The van der Waals surface area contributed by atoms with Crippen molar-refractivity contribution in [2.45, 2.75) is 39.2 Å². The maximum Gasteiger partial charge on any atom is 0.162 e. The molecule has 0 radical (unpaired) electrons. The summed E-state index contributed by atoms with van der Waals surface area (Å²) in [5, 5.41) is 3.08. The molecule has 0 aliphatic rings. The van der Waals surface area contributed by atoms with Gasteiger partial charge >= 0.3 is 0 Å². The van der Waals surface area contributed by atoms with Gasteiger partial charge in [0, 0.05) is 14.2 Å². The molecule has 1 heterocycles. The zero-order valence-corrected chi connectivity index (χ0v) is 12.7. The summed E-state index contributed by atoms with van der Waals surface area (Å²) in [5.74, 6) is 1.54. The van der Waals surface area contributed by atoms with E-state index in [-0.39, 0.29) is 0 Å². The first-order valence-electron chi connectivity index (χ1n) is 5.82. The highest BCUT2D eigenvalue weighted by Crippen LogP contribution is 2.30. The molecular weight excluding hydrogens is 282 g/mol. The van der Waals surface area contributed by atoms with Crippen LogP contribution >= 0.6 is 15.9 Å². The molecule has 96 valence electrons. The zero-order valence-electron chi connectivity index (χ0n) is 11.1. The van der Waals surface area contributed by atoms with E-state index < -0.39 is 5.60 Å². The van der Waals surface area contributed by atoms with Crippen molar-refractivity contribution in [3.8, 4) is 0 Å². The van der Waals surface area contributed by atoms with Crippen molar-refractivity contribution >= 4 is 21.7 Å². The van der Waals surface area contributed by atoms with Gasteiger partial charge in [-0.3, -0.25) is 0 Å². The second-order valence-corrected chi connectivity index (χ2v) is 4.84. The maximum atomic E-state index is 5.54. The lowest BCUT2D eigenvalue weighted by Gasteiger charge is -2.26. The van der Waals surface area contributed by atoms with Crippen LogP contribution in [0.2, 0.25) is 0 Å². The molecule has 0 aliphatic heterocycles. The van der Waals surface area contributed by atoms with Crippen molar-refractivity contribution in [1.82, 2.24) is 9.97 Å². The van der Waals surface area contributed by atoms with Gasteiger partial charge in [-0.1, -0.05) is 13.8 Å². The topological polar surface area (TPSA) is 47.0 Å². The number of rotatable bonds is 5. The minimum atomic E-state index is -0.434. The van der Waals surface area contributed by atoms with E-state index in [1.165, 1.54) is 0 Å². The summed E-state index contributed by atoms with van der Waals surface area (Å²) in [6.07, 6.45) is 1.69. The highest BCUT2D eigenvalue weighted by atomic mass is 79.9. The van der Waals surface area contributed by atoms with E-state index in [0.717, 1.165) is 34.7 Å². The first kappa shape index (κ1) is 14.4. The largest absolute Gasteiger partial charge is 0.372 e. The number of nitrogens with one attached hydrogen (secondary N) is 1. The number of aromatic nitrogens is 2. The number of methoxy groups -OCH3 is 1. The van der Waals surface area contributed by atoms with Crippen LogP contribution in [0.15, 0.2) is 4.47 Å². The van der Waals surface area contributed by atoms with Crippen molar-refractivity contribution in [3.05, 3.63) is 16.0 Å². The van der Waals surface area contributed by atoms with Crippen LogP contribution in [0.25, 0.3) is 0 Å². The van der Waals surface area contributed by atoms with E-state index in [1.54, 1.807) is 7.11 Å². The molecule has 1 atom stereocenters. The summed E-state index contributed by atoms with van der Waals surface area (Å²) in [7, 11) is 3.55. The summed E-state index contributed by atoms with van der Waals surface area (Å²) >= 11 is 3.52. The third-order valence-electron chi connectivity index (χ3n) is 3.09. The molecule has 1 aromatic heterocycles. The molecule has 0 saturated heterocycles. The van der Waals surface area contributed by atoms with E-state index in [4.69, 9.17) is 4.74 Å². The zero-order chi connectivity index (χ0) is 13.1. The highest BCUT2D eigenvalue weighted by Gasteiger charge is 2.29. The Balaban J connectivity index is 3.35. The summed E-state index contributed by atoms with van der Waals surface area (Å²) < 4.78 is 6.48. The Morgan fingerprint density at radius 2 is 2.00 bits per heavy atom.